The van der Waals surface area contributed by atoms with Gasteiger partial charge in [-0.15, -0.1) is 0 Å². The average Bonchev–Trinajstić information content (AvgIpc) is 3.21. The maximum Gasteiger partial charge on any atom is 0.336 e. The molecular formula is C19H17N3O3. The van der Waals surface area contributed by atoms with Crippen LogP contribution < -0.4 is 4.74 Å². The number of nitrogens with one attached hydrogen (secondary N) is 1. The van der Waals surface area contributed by atoms with Crippen molar-refractivity contribution < 1.29 is 14.6 Å². The van der Waals surface area contributed by atoms with E-state index in [1.54, 1.807) is 7.11 Å². The Balaban J connectivity index is 1.99. The summed E-state index contributed by atoms with van der Waals surface area (Å²) < 4.78 is 7.51. The lowest BCUT2D eigenvalue weighted by molar-refractivity contribution is 0.0699. The number of nitrogens with zero attached hydrogens (tertiary/aromatic N) is 2. The fourth-order valence-electron chi connectivity index (χ4n) is 3.24. The summed E-state index contributed by atoms with van der Waals surface area (Å²) in [6.45, 7) is 2.92. The van der Waals surface area contributed by atoms with Crippen LogP contribution in [-0.2, 0) is 6.54 Å². The number of aromatic carboxylic acids is 1. The molecule has 0 aliphatic rings. The van der Waals surface area contributed by atoms with Crippen molar-refractivity contribution in [2.75, 3.05) is 7.11 Å². The molecule has 1 aromatic carbocycles. The number of benzene rings is 1. The number of carbonyl (C=O) groups is 1. The van der Waals surface area contributed by atoms with E-state index < -0.39 is 5.97 Å². The molecule has 0 bridgehead atoms. The lowest BCUT2D eigenvalue weighted by atomic mass is 10.1. The van der Waals surface area contributed by atoms with E-state index in [1.807, 2.05) is 24.3 Å². The molecule has 0 atom stereocenters. The number of pyridine rings is 1. The van der Waals surface area contributed by atoms with E-state index in [4.69, 9.17) is 4.74 Å². The van der Waals surface area contributed by atoms with Crippen molar-refractivity contribution in [1.29, 1.82) is 0 Å². The summed E-state index contributed by atoms with van der Waals surface area (Å²) in [4.78, 5) is 19.0. The van der Waals surface area contributed by atoms with E-state index in [0.717, 1.165) is 34.5 Å². The van der Waals surface area contributed by atoms with Gasteiger partial charge in [-0.05, 0) is 37.3 Å². The molecule has 6 nitrogen and oxygen atoms in total. The maximum absolute atomic E-state index is 11.4. The molecule has 4 aromatic rings. The number of rotatable bonds is 4. The van der Waals surface area contributed by atoms with Crippen molar-refractivity contribution in [2.24, 2.45) is 0 Å². The van der Waals surface area contributed by atoms with Crippen LogP contribution >= 0.6 is 0 Å². The summed E-state index contributed by atoms with van der Waals surface area (Å²) in [6, 6.07) is 9.33. The Morgan fingerprint density at radius 3 is 2.84 bits per heavy atom. The van der Waals surface area contributed by atoms with Crippen LogP contribution in [0.25, 0.3) is 33.2 Å². The van der Waals surface area contributed by atoms with Gasteiger partial charge >= 0.3 is 5.97 Å². The first-order chi connectivity index (χ1) is 12.1. The van der Waals surface area contributed by atoms with Gasteiger partial charge < -0.3 is 19.4 Å². The Hall–Kier alpha value is -3.28. The lowest BCUT2D eigenvalue weighted by Gasteiger charge is -2.02. The summed E-state index contributed by atoms with van der Waals surface area (Å²) >= 11 is 0. The molecule has 0 amide bonds. The smallest absolute Gasteiger partial charge is 0.336 e. The van der Waals surface area contributed by atoms with E-state index in [0.29, 0.717) is 11.0 Å². The number of aromatic amines is 1. The van der Waals surface area contributed by atoms with Gasteiger partial charge in [0.2, 0.25) is 0 Å². The highest BCUT2D eigenvalue weighted by Crippen LogP contribution is 2.34. The highest BCUT2D eigenvalue weighted by atomic mass is 16.5. The van der Waals surface area contributed by atoms with Crippen LogP contribution in [0, 0.1) is 0 Å². The van der Waals surface area contributed by atoms with Crippen LogP contribution in [0.1, 0.15) is 17.3 Å². The molecule has 3 heterocycles. The Bertz CT molecular complexity index is 1110. The maximum atomic E-state index is 11.4. The highest BCUT2D eigenvalue weighted by Gasteiger charge is 2.16. The van der Waals surface area contributed by atoms with Gasteiger partial charge in [0.25, 0.3) is 0 Å². The van der Waals surface area contributed by atoms with Crippen molar-refractivity contribution >= 4 is 27.9 Å². The summed E-state index contributed by atoms with van der Waals surface area (Å²) in [5.74, 6) is -0.182. The zero-order valence-corrected chi connectivity index (χ0v) is 13.9. The predicted octanol–water partition coefficient (Wildman–Crippen LogP) is 3.91. The van der Waals surface area contributed by atoms with Gasteiger partial charge in [0.15, 0.2) is 0 Å². The van der Waals surface area contributed by atoms with Gasteiger partial charge in [-0.25, -0.2) is 9.78 Å². The largest absolute Gasteiger partial charge is 0.497 e. The van der Waals surface area contributed by atoms with Crippen molar-refractivity contribution in [3.05, 3.63) is 48.3 Å². The van der Waals surface area contributed by atoms with Crippen LogP contribution in [0.3, 0.4) is 0 Å². The molecule has 3 aromatic heterocycles. The number of ether oxygens (including phenoxy) is 1. The van der Waals surface area contributed by atoms with Crippen LogP contribution in [0.15, 0.2) is 42.7 Å². The molecule has 0 aliphatic carbocycles. The van der Waals surface area contributed by atoms with Crippen molar-refractivity contribution in [3.8, 4) is 17.0 Å². The third kappa shape index (κ3) is 2.34. The zero-order valence-electron chi connectivity index (χ0n) is 13.9. The van der Waals surface area contributed by atoms with Gasteiger partial charge in [0, 0.05) is 46.5 Å². The third-order valence-corrected chi connectivity index (χ3v) is 4.48. The predicted molar refractivity (Wildman–Crippen MR) is 96.2 cm³/mol. The van der Waals surface area contributed by atoms with E-state index in [-0.39, 0.29) is 5.56 Å². The summed E-state index contributed by atoms with van der Waals surface area (Å²) in [6.07, 6.45) is 3.57. The van der Waals surface area contributed by atoms with E-state index in [2.05, 4.69) is 27.7 Å². The number of hydrogen-bond acceptors (Lipinski definition) is 3. The number of carboxylic acid groups (broad SMARTS) is 1. The first kappa shape index (κ1) is 15.3. The number of H-pyrrole nitrogens is 1. The molecule has 0 spiro atoms. The highest BCUT2D eigenvalue weighted by molar-refractivity contribution is 6.05. The van der Waals surface area contributed by atoms with Crippen LogP contribution in [0.5, 0.6) is 5.75 Å². The average molecular weight is 335 g/mol. The molecule has 0 unspecified atom stereocenters. The van der Waals surface area contributed by atoms with Crippen molar-refractivity contribution in [3.63, 3.8) is 0 Å². The molecule has 0 saturated carbocycles. The summed E-state index contributed by atoms with van der Waals surface area (Å²) in [5, 5.41) is 11.0. The second-order valence-electron chi connectivity index (χ2n) is 5.82. The van der Waals surface area contributed by atoms with Crippen LogP contribution in [-0.4, -0.2) is 32.7 Å². The second kappa shape index (κ2) is 5.66. The number of carboxylic acids is 1. The first-order valence-electron chi connectivity index (χ1n) is 8.00. The molecule has 0 radical (unpaired) electrons. The summed E-state index contributed by atoms with van der Waals surface area (Å²) in [5.41, 5.74) is 3.73. The number of aryl methyl sites for hydroxylation is 1. The Kier molecular flexibility index (Phi) is 3.46. The van der Waals surface area contributed by atoms with E-state index >= 15 is 0 Å². The first-order valence-corrected chi connectivity index (χ1v) is 8.00. The second-order valence-corrected chi connectivity index (χ2v) is 5.82. The Labute approximate surface area is 143 Å². The lowest BCUT2D eigenvalue weighted by Crippen LogP contribution is -1.96. The third-order valence-electron chi connectivity index (χ3n) is 4.48. The normalized spacial score (nSPS) is 11.3. The SMILES string of the molecule is CCn1cc(-c2cc3c(C(=O)O)ccnc3[nH]2)c2cc(OC)ccc21. The van der Waals surface area contributed by atoms with Crippen molar-refractivity contribution in [1.82, 2.24) is 14.5 Å². The molecule has 25 heavy (non-hydrogen) atoms. The standard InChI is InChI=1S/C19H17N3O3/c1-3-22-10-15(13-8-11(25-2)4-5-17(13)22)16-9-14-12(19(23)24)6-7-20-18(14)21-16/h4-10H,3H2,1-2H3,(H,20,21)(H,23,24). The number of fused-ring (bicyclic) bond motifs is 2. The number of methoxy groups -OCH3 is 1. The molecule has 0 saturated heterocycles. The van der Waals surface area contributed by atoms with Crippen molar-refractivity contribution in [2.45, 2.75) is 13.5 Å². The van der Waals surface area contributed by atoms with Gasteiger partial charge in [0.05, 0.1) is 12.7 Å². The molecule has 0 aliphatic heterocycles. The summed E-state index contributed by atoms with van der Waals surface area (Å²) in [7, 11) is 1.64. The Morgan fingerprint density at radius 2 is 2.12 bits per heavy atom. The molecule has 4 rings (SSSR count). The molecule has 126 valence electrons. The van der Waals surface area contributed by atoms with Gasteiger partial charge in [-0.1, -0.05) is 0 Å². The van der Waals surface area contributed by atoms with Crippen LogP contribution in [0.2, 0.25) is 0 Å². The van der Waals surface area contributed by atoms with Crippen LogP contribution in [0.4, 0.5) is 0 Å². The molecule has 0 fully saturated rings. The minimum atomic E-state index is -0.962. The molecule has 2 N–H and O–H groups in total. The van der Waals surface area contributed by atoms with Gasteiger partial charge in [-0.2, -0.15) is 0 Å². The topological polar surface area (TPSA) is 80.1 Å². The molecular weight excluding hydrogens is 318 g/mol. The number of hydrogen-bond donors (Lipinski definition) is 2. The molecule has 6 heteroatoms. The minimum Gasteiger partial charge on any atom is -0.497 e. The van der Waals surface area contributed by atoms with E-state index in [1.165, 1.54) is 12.3 Å². The fourth-order valence-corrected chi connectivity index (χ4v) is 3.24. The van der Waals surface area contributed by atoms with Gasteiger partial charge in [0.1, 0.15) is 11.4 Å². The zero-order chi connectivity index (χ0) is 17.6. The Morgan fingerprint density at radius 1 is 1.28 bits per heavy atom. The van der Waals surface area contributed by atoms with Gasteiger partial charge in [-0.3, -0.25) is 0 Å². The quantitative estimate of drug-likeness (QED) is 0.592. The fraction of sp³-hybridized carbons (Fsp3) is 0.158. The van der Waals surface area contributed by atoms with E-state index in [9.17, 15) is 9.90 Å². The number of aromatic nitrogens is 3. The monoisotopic (exact) mass is 335 g/mol. The minimum absolute atomic E-state index is 0.240.